The Morgan fingerprint density at radius 2 is 2.19 bits per heavy atom. The summed E-state index contributed by atoms with van der Waals surface area (Å²) in [5.41, 5.74) is -0.0654. The number of carbonyl (C=O) groups is 1. The van der Waals surface area contributed by atoms with Crippen molar-refractivity contribution < 1.29 is 9.53 Å². The smallest absolute Gasteiger partial charge is 0.272 e. The molecule has 2 N–H and O–H groups in total. The summed E-state index contributed by atoms with van der Waals surface area (Å²) in [4.78, 5) is 24.1. The number of aromatic amines is 1. The molecule has 6 nitrogen and oxygen atoms in total. The number of nitrogens with zero attached hydrogens (tertiary/aromatic N) is 1. The lowest BCUT2D eigenvalue weighted by atomic mass is 10.1. The third kappa shape index (κ3) is 2.67. The van der Waals surface area contributed by atoms with Crippen LogP contribution in [0.4, 0.5) is 0 Å². The van der Waals surface area contributed by atoms with Crippen LogP contribution >= 0.6 is 0 Å². The molecule has 2 aromatic rings. The first-order chi connectivity index (χ1) is 10.2. The van der Waals surface area contributed by atoms with E-state index in [9.17, 15) is 9.59 Å². The average Bonchev–Trinajstić information content (AvgIpc) is 3.02. The van der Waals surface area contributed by atoms with Gasteiger partial charge >= 0.3 is 0 Å². The fourth-order valence-electron chi connectivity index (χ4n) is 2.65. The summed E-state index contributed by atoms with van der Waals surface area (Å²) in [6.45, 7) is 2.66. The van der Waals surface area contributed by atoms with E-state index in [0.29, 0.717) is 10.8 Å². The molecule has 110 valence electrons. The van der Waals surface area contributed by atoms with Crippen molar-refractivity contribution in [1.29, 1.82) is 0 Å². The highest BCUT2D eigenvalue weighted by Crippen LogP contribution is 2.17. The van der Waals surface area contributed by atoms with Crippen LogP contribution in [0.15, 0.2) is 29.1 Å². The number of aromatic nitrogens is 2. The minimum atomic E-state index is -0.301. The molecular weight excluding hydrogens is 270 g/mol. The normalized spacial score (nSPS) is 19.6. The van der Waals surface area contributed by atoms with Gasteiger partial charge in [-0.05, 0) is 25.8 Å². The van der Waals surface area contributed by atoms with Gasteiger partial charge in [0.25, 0.3) is 11.5 Å². The second kappa shape index (κ2) is 5.65. The first-order valence-corrected chi connectivity index (χ1v) is 7.06. The summed E-state index contributed by atoms with van der Waals surface area (Å²) < 4.78 is 5.57. The van der Waals surface area contributed by atoms with Gasteiger partial charge in [0.05, 0.1) is 17.5 Å². The number of carbonyl (C=O) groups excluding carboxylic acids is 1. The highest BCUT2D eigenvalue weighted by atomic mass is 16.5. The van der Waals surface area contributed by atoms with E-state index in [-0.39, 0.29) is 29.3 Å². The molecule has 0 bridgehead atoms. The maximum absolute atomic E-state index is 12.4. The Hall–Kier alpha value is -2.21. The van der Waals surface area contributed by atoms with Crippen LogP contribution in [0.1, 0.15) is 30.3 Å². The van der Waals surface area contributed by atoms with Gasteiger partial charge in [0.15, 0.2) is 5.69 Å². The van der Waals surface area contributed by atoms with E-state index in [4.69, 9.17) is 4.74 Å². The average molecular weight is 287 g/mol. The zero-order valence-corrected chi connectivity index (χ0v) is 11.8. The van der Waals surface area contributed by atoms with E-state index < -0.39 is 0 Å². The maximum atomic E-state index is 12.4. The van der Waals surface area contributed by atoms with E-state index in [2.05, 4.69) is 15.5 Å². The Bertz CT molecular complexity index is 719. The molecule has 2 atom stereocenters. The van der Waals surface area contributed by atoms with E-state index in [0.717, 1.165) is 19.4 Å². The predicted molar refractivity (Wildman–Crippen MR) is 78.3 cm³/mol. The molecule has 0 radical (unpaired) electrons. The van der Waals surface area contributed by atoms with E-state index in [1.165, 1.54) is 0 Å². The van der Waals surface area contributed by atoms with Gasteiger partial charge in [0, 0.05) is 12.0 Å². The van der Waals surface area contributed by atoms with Gasteiger partial charge in [-0.1, -0.05) is 18.2 Å². The molecule has 1 aromatic heterocycles. The molecule has 1 aliphatic heterocycles. The van der Waals surface area contributed by atoms with Gasteiger partial charge in [-0.25, -0.2) is 5.10 Å². The zero-order valence-electron chi connectivity index (χ0n) is 11.8. The van der Waals surface area contributed by atoms with Crippen molar-refractivity contribution in [2.75, 3.05) is 6.61 Å². The number of amides is 1. The number of fused-ring (bicyclic) bond motifs is 1. The van der Waals surface area contributed by atoms with Crippen LogP contribution < -0.4 is 10.9 Å². The molecular formula is C15H17N3O3. The Kier molecular flexibility index (Phi) is 3.70. The van der Waals surface area contributed by atoms with Gasteiger partial charge in [0.1, 0.15) is 0 Å². The fraction of sp³-hybridized carbons (Fsp3) is 0.400. The lowest BCUT2D eigenvalue weighted by Crippen LogP contribution is -2.41. The summed E-state index contributed by atoms with van der Waals surface area (Å²) in [6.07, 6.45) is 2.01. The van der Waals surface area contributed by atoms with Crippen LogP contribution in [0, 0.1) is 0 Å². The topological polar surface area (TPSA) is 84.1 Å². The standard InChI is InChI=1S/C15H17N3O3/c1-9(12-7-4-8-21-12)16-15(20)13-10-5-2-3-6-11(10)14(19)18-17-13/h2-3,5-6,9,12H,4,7-8H2,1H3,(H,16,20)(H,18,19)/t9-,12+/m1/s1. The van der Waals surface area contributed by atoms with Gasteiger partial charge in [0.2, 0.25) is 0 Å². The van der Waals surface area contributed by atoms with Gasteiger partial charge in [-0.2, -0.15) is 5.10 Å². The first-order valence-electron chi connectivity index (χ1n) is 7.06. The predicted octanol–water partition coefficient (Wildman–Crippen LogP) is 1.22. The van der Waals surface area contributed by atoms with Crippen LogP contribution in [0.25, 0.3) is 10.8 Å². The largest absolute Gasteiger partial charge is 0.376 e. The van der Waals surface area contributed by atoms with E-state index in [1.54, 1.807) is 24.3 Å². The molecule has 2 heterocycles. The molecule has 0 unspecified atom stereocenters. The summed E-state index contributed by atoms with van der Waals surface area (Å²) in [5, 5.41) is 10.2. The number of rotatable bonds is 3. The Morgan fingerprint density at radius 3 is 2.90 bits per heavy atom. The molecule has 1 aromatic carbocycles. The van der Waals surface area contributed by atoms with Gasteiger partial charge in [-0.3, -0.25) is 9.59 Å². The minimum absolute atomic E-state index is 0.0444. The number of hydrogen-bond acceptors (Lipinski definition) is 4. The molecule has 1 saturated heterocycles. The minimum Gasteiger partial charge on any atom is -0.376 e. The number of benzene rings is 1. The first kappa shape index (κ1) is 13.8. The quantitative estimate of drug-likeness (QED) is 0.889. The molecule has 0 aliphatic carbocycles. The van der Waals surface area contributed by atoms with Crippen molar-refractivity contribution in [3.8, 4) is 0 Å². The second-order valence-corrected chi connectivity index (χ2v) is 5.26. The van der Waals surface area contributed by atoms with Crippen molar-refractivity contribution in [3.05, 3.63) is 40.3 Å². The lowest BCUT2D eigenvalue weighted by molar-refractivity contribution is 0.0710. The maximum Gasteiger partial charge on any atom is 0.272 e. The van der Waals surface area contributed by atoms with Crippen LogP contribution in [0.2, 0.25) is 0 Å². The zero-order chi connectivity index (χ0) is 14.8. The summed E-state index contributed by atoms with van der Waals surface area (Å²) in [5.74, 6) is -0.301. The third-order valence-corrected chi connectivity index (χ3v) is 3.79. The number of ether oxygens (including phenoxy) is 1. The van der Waals surface area contributed by atoms with Crippen molar-refractivity contribution in [2.45, 2.75) is 31.9 Å². The SMILES string of the molecule is C[C@@H](NC(=O)c1n[nH]c(=O)c2ccccc12)[C@@H]1CCCO1. The Morgan fingerprint density at radius 1 is 1.43 bits per heavy atom. The van der Waals surface area contributed by atoms with Gasteiger partial charge in [-0.15, -0.1) is 0 Å². The summed E-state index contributed by atoms with van der Waals surface area (Å²) >= 11 is 0. The van der Waals surface area contributed by atoms with Crippen molar-refractivity contribution in [1.82, 2.24) is 15.5 Å². The number of hydrogen-bond donors (Lipinski definition) is 2. The number of nitrogens with one attached hydrogen (secondary N) is 2. The summed E-state index contributed by atoms with van der Waals surface area (Å²) in [6, 6.07) is 6.85. The molecule has 0 spiro atoms. The monoisotopic (exact) mass is 287 g/mol. The van der Waals surface area contributed by atoms with Crippen LogP contribution in [0.3, 0.4) is 0 Å². The molecule has 1 amide bonds. The van der Waals surface area contributed by atoms with Crippen LogP contribution in [-0.4, -0.2) is 34.9 Å². The third-order valence-electron chi connectivity index (χ3n) is 3.79. The molecule has 1 aliphatic rings. The molecule has 0 saturated carbocycles. The van der Waals surface area contributed by atoms with Crippen molar-refractivity contribution >= 4 is 16.7 Å². The molecule has 21 heavy (non-hydrogen) atoms. The fourth-order valence-corrected chi connectivity index (χ4v) is 2.65. The Balaban J connectivity index is 1.88. The van der Waals surface area contributed by atoms with Crippen molar-refractivity contribution in [3.63, 3.8) is 0 Å². The van der Waals surface area contributed by atoms with E-state index in [1.807, 2.05) is 6.92 Å². The van der Waals surface area contributed by atoms with Gasteiger partial charge < -0.3 is 10.1 Å². The molecule has 6 heteroatoms. The lowest BCUT2D eigenvalue weighted by Gasteiger charge is -2.19. The molecule has 3 rings (SSSR count). The highest BCUT2D eigenvalue weighted by Gasteiger charge is 2.25. The second-order valence-electron chi connectivity index (χ2n) is 5.26. The van der Waals surface area contributed by atoms with E-state index >= 15 is 0 Å². The molecule has 1 fully saturated rings. The summed E-state index contributed by atoms with van der Waals surface area (Å²) in [7, 11) is 0. The Labute approximate surface area is 121 Å². The van der Waals surface area contributed by atoms with Crippen LogP contribution in [-0.2, 0) is 4.74 Å². The van der Waals surface area contributed by atoms with Crippen LogP contribution in [0.5, 0.6) is 0 Å². The number of H-pyrrole nitrogens is 1. The van der Waals surface area contributed by atoms with Crippen molar-refractivity contribution in [2.24, 2.45) is 0 Å². The highest BCUT2D eigenvalue weighted by molar-refractivity contribution is 6.04.